The van der Waals surface area contributed by atoms with Crippen LogP contribution in [0.2, 0.25) is 0 Å². The van der Waals surface area contributed by atoms with Gasteiger partial charge in [-0.1, -0.05) is 6.92 Å². The molecule has 2 fully saturated rings. The zero-order valence-electron chi connectivity index (χ0n) is 18.1. The van der Waals surface area contributed by atoms with Crippen molar-refractivity contribution >= 4 is 29.9 Å². The third-order valence-corrected chi connectivity index (χ3v) is 5.61. The van der Waals surface area contributed by atoms with Gasteiger partial charge < -0.3 is 25.0 Å². The third kappa shape index (κ3) is 11.8. The molecule has 2 heterocycles. The van der Waals surface area contributed by atoms with Crippen LogP contribution in [0.25, 0.3) is 0 Å². The third-order valence-electron chi connectivity index (χ3n) is 5.61. The molecule has 0 aromatic heterocycles. The highest BCUT2D eigenvalue weighted by molar-refractivity contribution is 14.0. The molecule has 2 rings (SSSR count). The van der Waals surface area contributed by atoms with Gasteiger partial charge >= 0.3 is 0 Å². The van der Waals surface area contributed by atoms with Gasteiger partial charge in [0, 0.05) is 53.1 Å². The van der Waals surface area contributed by atoms with E-state index in [1.54, 1.807) is 0 Å². The molecule has 28 heavy (non-hydrogen) atoms. The number of hydrogen-bond donors (Lipinski definition) is 2. The molecule has 0 aromatic carbocycles. The molecule has 0 bridgehead atoms. The summed E-state index contributed by atoms with van der Waals surface area (Å²) in [6, 6.07) is 0. The Balaban J connectivity index is 0.00000392. The number of unbranched alkanes of at least 4 members (excludes halogenated alkanes) is 1. The van der Waals surface area contributed by atoms with E-state index in [0.29, 0.717) is 5.92 Å². The van der Waals surface area contributed by atoms with Crippen LogP contribution < -0.4 is 10.6 Å². The second-order valence-electron chi connectivity index (χ2n) is 8.17. The lowest BCUT2D eigenvalue weighted by atomic mass is 10.0. The summed E-state index contributed by atoms with van der Waals surface area (Å²) in [6.45, 7) is 11.6. The number of ether oxygens (including phenoxy) is 2. The smallest absolute Gasteiger partial charge is 0.190 e. The molecular formula is C21H43IN4O2. The predicted octanol–water partition coefficient (Wildman–Crippen LogP) is 3.11. The van der Waals surface area contributed by atoms with Gasteiger partial charge in [-0.2, -0.15) is 0 Å². The van der Waals surface area contributed by atoms with E-state index in [0.717, 1.165) is 70.7 Å². The second-order valence-corrected chi connectivity index (χ2v) is 8.17. The fourth-order valence-electron chi connectivity index (χ4n) is 3.92. The molecule has 2 saturated heterocycles. The van der Waals surface area contributed by atoms with Gasteiger partial charge in [0.2, 0.25) is 0 Å². The normalized spacial score (nSPS) is 21.9. The molecule has 0 radical (unpaired) electrons. The van der Waals surface area contributed by atoms with Crippen LogP contribution in [0.15, 0.2) is 4.99 Å². The summed E-state index contributed by atoms with van der Waals surface area (Å²) < 4.78 is 11.2. The van der Waals surface area contributed by atoms with Crippen molar-refractivity contribution in [3.63, 3.8) is 0 Å². The summed E-state index contributed by atoms with van der Waals surface area (Å²) in [5.41, 5.74) is 0. The number of nitrogens with zero attached hydrogens (tertiary/aromatic N) is 2. The zero-order chi connectivity index (χ0) is 19.2. The topological polar surface area (TPSA) is 58.1 Å². The lowest BCUT2D eigenvalue weighted by molar-refractivity contribution is 0.0203. The van der Waals surface area contributed by atoms with Crippen molar-refractivity contribution in [2.24, 2.45) is 16.8 Å². The Morgan fingerprint density at radius 1 is 1.11 bits per heavy atom. The quantitative estimate of drug-likeness (QED) is 0.194. The number of guanidine groups is 1. The maximum absolute atomic E-state index is 5.81. The summed E-state index contributed by atoms with van der Waals surface area (Å²) in [7, 11) is 1.84. The average Bonchev–Trinajstić information content (AvgIpc) is 2.69. The molecular weight excluding hydrogens is 467 g/mol. The summed E-state index contributed by atoms with van der Waals surface area (Å²) in [6.07, 6.45) is 8.53. The SMILES string of the molecule is CN=C(NCCCCN1CCCC(C)C1)NCCCOCC1CCOCC1.I. The molecule has 7 heteroatoms. The molecule has 166 valence electrons. The van der Waals surface area contributed by atoms with Crippen LogP contribution in [0.5, 0.6) is 0 Å². The number of hydrogen-bond acceptors (Lipinski definition) is 4. The largest absolute Gasteiger partial charge is 0.381 e. The molecule has 2 N–H and O–H groups in total. The van der Waals surface area contributed by atoms with Crippen molar-refractivity contribution in [1.29, 1.82) is 0 Å². The van der Waals surface area contributed by atoms with Gasteiger partial charge in [0.15, 0.2) is 5.96 Å². The highest BCUT2D eigenvalue weighted by Gasteiger charge is 2.15. The van der Waals surface area contributed by atoms with Crippen molar-refractivity contribution in [2.45, 2.75) is 51.9 Å². The first-order valence-electron chi connectivity index (χ1n) is 11.1. The van der Waals surface area contributed by atoms with Gasteiger partial charge in [-0.3, -0.25) is 4.99 Å². The lowest BCUT2D eigenvalue weighted by Crippen LogP contribution is -2.39. The predicted molar refractivity (Wildman–Crippen MR) is 128 cm³/mol. The van der Waals surface area contributed by atoms with Gasteiger partial charge in [0.05, 0.1) is 0 Å². The zero-order valence-corrected chi connectivity index (χ0v) is 20.4. The van der Waals surface area contributed by atoms with E-state index in [1.807, 2.05) is 7.05 Å². The van der Waals surface area contributed by atoms with Crippen LogP contribution >= 0.6 is 24.0 Å². The van der Waals surface area contributed by atoms with Crippen LogP contribution in [0.1, 0.15) is 51.9 Å². The lowest BCUT2D eigenvalue weighted by Gasteiger charge is -2.30. The maximum atomic E-state index is 5.81. The Morgan fingerprint density at radius 2 is 1.86 bits per heavy atom. The Kier molecular flexibility index (Phi) is 15.4. The summed E-state index contributed by atoms with van der Waals surface area (Å²) in [5.74, 6) is 2.47. The highest BCUT2D eigenvalue weighted by atomic mass is 127. The van der Waals surface area contributed by atoms with Crippen molar-refractivity contribution in [3.8, 4) is 0 Å². The van der Waals surface area contributed by atoms with Gasteiger partial charge in [-0.25, -0.2) is 0 Å². The van der Waals surface area contributed by atoms with E-state index in [4.69, 9.17) is 9.47 Å². The Bertz CT molecular complexity index is 406. The minimum Gasteiger partial charge on any atom is -0.381 e. The number of nitrogens with one attached hydrogen (secondary N) is 2. The highest BCUT2D eigenvalue weighted by Crippen LogP contribution is 2.16. The molecule has 0 amide bonds. The first kappa shape index (κ1) is 25.9. The standard InChI is InChI=1S/C21H42N4O2.HI/c1-19-7-5-13-25(17-19)12-4-3-10-23-21(22-2)24-11-6-14-27-18-20-8-15-26-16-9-20;/h19-20H,3-18H2,1-2H3,(H2,22,23,24);1H. The van der Waals surface area contributed by atoms with Crippen molar-refractivity contribution in [2.75, 3.05) is 66.2 Å². The summed E-state index contributed by atoms with van der Waals surface area (Å²) in [4.78, 5) is 6.93. The van der Waals surface area contributed by atoms with Crippen LogP contribution in [0.3, 0.4) is 0 Å². The first-order valence-corrected chi connectivity index (χ1v) is 11.1. The average molecular weight is 511 g/mol. The molecule has 6 nitrogen and oxygen atoms in total. The summed E-state index contributed by atoms with van der Waals surface area (Å²) in [5, 5.41) is 6.81. The minimum atomic E-state index is 0. The monoisotopic (exact) mass is 510 g/mol. The Hall–Kier alpha value is -0.120. The fraction of sp³-hybridized carbons (Fsp3) is 0.952. The number of halogens is 1. The van der Waals surface area contributed by atoms with Gasteiger partial charge in [0.1, 0.15) is 0 Å². The molecule has 0 spiro atoms. The van der Waals surface area contributed by atoms with Crippen molar-refractivity contribution in [1.82, 2.24) is 15.5 Å². The molecule has 2 aliphatic rings. The van der Waals surface area contributed by atoms with Crippen LogP contribution in [-0.4, -0.2) is 77.1 Å². The molecule has 2 aliphatic heterocycles. The fourth-order valence-corrected chi connectivity index (χ4v) is 3.92. The first-order chi connectivity index (χ1) is 13.3. The number of rotatable bonds is 11. The van der Waals surface area contributed by atoms with E-state index in [2.05, 4.69) is 27.4 Å². The van der Waals surface area contributed by atoms with Gasteiger partial charge in [0.25, 0.3) is 0 Å². The van der Waals surface area contributed by atoms with E-state index >= 15 is 0 Å². The van der Waals surface area contributed by atoms with E-state index in [9.17, 15) is 0 Å². The van der Waals surface area contributed by atoms with E-state index in [-0.39, 0.29) is 24.0 Å². The van der Waals surface area contributed by atoms with E-state index in [1.165, 1.54) is 45.3 Å². The Labute approximate surface area is 189 Å². The van der Waals surface area contributed by atoms with Gasteiger partial charge in [-0.05, 0) is 69.9 Å². The molecule has 1 unspecified atom stereocenters. The number of piperidine rings is 1. The van der Waals surface area contributed by atoms with Crippen LogP contribution in [0, 0.1) is 11.8 Å². The van der Waals surface area contributed by atoms with Crippen LogP contribution in [0.4, 0.5) is 0 Å². The maximum Gasteiger partial charge on any atom is 0.190 e. The number of aliphatic imine (C=N–C) groups is 1. The van der Waals surface area contributed by atoms with E-state index < -0.39 is 0 Å². The van der Waals surface area contributed by atoms with Crippen molar-refractivity contribution < 1.29 is 9.47 Å². The summed E-state index contributed by atoms with van der Waals surface area (Å²) >= 11 is 0. The van der Waals surface area contributed by atoms with Crippen LogP contribution in [-0.2, 0) is 9.47 Å². The molecule has 0 saturated carbocycles. The van der Waals surface area contributed by atoms with Gasteiger partial charge in [-0.15, -0.1) is 24.0 Å². The van der Waals surface area contributed by atoms with Crippen molar-refractivity contribution in [3.05, 3.63) is 0 Å². The Morgan fingerprint density at radius 3 is 2.57 bits per heavy atom. The minimum absolute atomic E-state index is 0. The second kappa shape index (κ2) is 16.7. The molecule has 0 aromatic rings. The molecule has 0 aliphatic carbocycles. The number of likely N-dealkylation sites (tertiary alicyclic amines) is 1. The molecule has 1 atom stereocenters.